The fourth-order valence-corrected chi connectivity index (χ4v) is 5.01. The summed E-state index contributed by atoms with van der Waals surface area (Å²) in [5.74, 6) is 1.52. The van der Waals surface area contributed by atoms with Gasteiger partial charge < -0.3 is 15.0 Å². The van der Waals surface area contributed by atoms with Crippen molar-refractivity contribution >= 4 is 45.8 Å². The summed E-state index contributed by atoms with van der Waals surface area (Å²) in [5.41, 5.74) is 2.05. The molecule has 1 saturated heterocycles. The molecular weight excluding hydrogens is 431 g/mol. The molecule has 1 aromatic carbocycles. The van der Waals surface area contributed by atoms with Crippen LogP contribution >= 0.6 is 11.9 Å². The molecule has 2 aliphatic rings. The van der Waals surface area contributed by atoms with E-state index in [9.17, 15) is 4.39 Å². The van der Waals surface area contributed by atoms with E-state index in [1.54, 1.807) is 25.1 Å². The summed E-state index contributed by atoms with van der Waals surface area (Å²) in [4.78, 5) is 16.7. The van der Waals surface area contributed by atoms with Gasteiger partial charge in [0.15, 0.2) is 5.65 Å². The maximum absolute atomic E-state index is 13.8. The number of rotatable bonds is 5. The quantitative estimate of drug-likeness (QED) is 0.492. The number of hydrogen-bond donors (Lipinski definition) is 1. The molecule has 1 atom stereocenters. The van der Waals surface area contributed by atoms with E-state index in [2.05, 4.69) is 27.2 Å². The Bertz CT molecular complexity index is 1320. The summed E-state index contributed by atoms with van der Waals surface area (Å²) in [7, 11) is 1.78. The molecule has 0 bridgehead atoms. The van der Waals surface area contributed by atoms with Crippen molar-refractivity contribution in [2.75, 3.05) is 37.0 Å². The van der Waals surface area contributed by atoms with Crippen LogP contribution in [0.5, 0.6) is 0 Å². The molecule has 1 aliphatic heterocycles. The van der Waals surface area contributed by atoms with Crippen LogP contribution in [0.2, 0.25) is 0 Å². The first-order valence-electron chi connectivity index (χ1n) is 10.8. The van der Waals surface area contributed by atoms with Gasteiger partial charge in [-0.2, -0.15) is 19.2 Å². The molecule has 1 saturated carbocycles. The lowest BCUT2D eigenvalue weighted by atomic mass is 10.2. The number of anilines is 2. The minimum atomic E-state index is -0.331. The van der Waals surface area contributed by atoms with Crippen LogP contribution in [0.25, 0.3) is 28.0 Å². The number of aromatic nitrogens is 6. The van der Waals surface area contributed by atoms with Gasteiger partial charge in [-0.15, -0.1) is 0 Å². The summed E-state index contributed by atoms with van der Waals surface area (Å²) in [6.45, 7) is 4.15. The molecule has 6 rings (SSSR count). The molecule has 0 spiro atoms. The van der Waals surface area contributed by atoms with Crippen LogP contribution in [-0.2, 0) is 4.74 Å². The zero-order valence-corrected chi connectivity index (χ0v) is 18.6. The summed E-state index contributed by atoms with van der Waals surface area (Å²) in [5, 5.41) is 9.21. The number of morpholine rings is 1. The predicted octanol–water partition coefficient (Wildman–Crippen LogP) is 3.23. The number of nitrogens with one attached hydrogen (secondary N) is 1. The first-order chi connectivity index (χ1) is 15.6. The highest BCUT2D eigenvalue weighted by Crippen LogP contribution is 2.38. The maximum Gasteiger partial charge on any atom is 0.241 e. The first kappa shape index (κ1) is 19.7. The summed E-state index contributed by atoms with van der Waals surface area (Å²) >= 11 is 1.71. The van der Waals surface area contributed by atoms with Crippen LogP contribution in [-0.4, -0.2) is 66.8 Å². The number of nitrogens with zero attached hydrogens (tertiary/aromatic N) is 7. The van der Waals surface area contributed by atoms with Crippen molar-refractivity contribution in [2.45, 2.75) is 31.1 Å². The maximum atomic E-state index is 13.8. The van der Waals surface area contributed by atoms with E-state index in [-0.39, 0.29) is 11.9 Å². The van der Waals surface area contributed by atoms with Gasteiger partial charge in [0.05, 0.1) is 41.9 Å². The lowest BCUT2D eigenvalue weighted by Gasteiger charge is -2.34. The standard InChI is InChI=1S/C21H23FN8OS/c1-12-11-31-8-7-28(12)18-15-10-24-30(32-14-4-5-14)19(15)27-21(26-18)29-17-6-3-13(22)9-16(17)25-20(29)23-2/h3,6,9-10,12,14H,4-5,7-8,11H2,1-2H3,(H,23,25). The molecule has 1 aliphatic carbocycles. The lowest BCUT2D eigenvalue weighted by Crippen LogP contribution is -2.44. The van der Waals surface area contributed by atoms with Crippen LogP contribution in [0, 0.1) is 5.82 Å². The monoisotopic (exact) mass is 454 g/mol. The number of benzene rings is 1. The van der Waals surface area contributed by atoms with Crippen LogP contribution in [0.15, 0.2) is 24.4 Å². The molecular formula is C21H23FN8OS. The SMILES string of the molecule is CNc1nc2cc(F)ccc2n1-c1nc(N2CCOCC2C)c2cnn(SC3CC3)c2n1. The zero-order chi connectivity index (χ0) is 21.8. The summed E-state index contributed by atoms with van der Waals surface area (Å²) in [6.07, 6.45) is 4.24. The van der Waals surface area contributed by atoms with Crippen LogP contribution in [0.4, 0.5) is 16.2 Å². The second kappa shape index (κ2) is 7.59. The molecule has 3 aromatic heterocycles. The smallest absolute Gasteiger partial charge is 0.241 e. The van der Waals surface area contributed by atoms with E-state index in [4.69, 9.17) is 14.7 Å². The van der Waals surface area contributed by atoms with Gasteiger partial charge in [-0.25, -0.2) is 13.9 Å². The highest BCUT2D eigenvalue weighted by atomic mass is 32.2. The Morgan fingerprint density at radius 2 is 2.09 bits per heavy atom. The second-order valence-electron chi connectivity index (χ2n) is 8.18. The van der Waals surface area contributed by atoms with E-state index >= 15 is 0 Å². The molecule has 166 valence electrons. The van der Waals surface area contributed by atoms with Gasteiger partial charge in [0, 0.05) is 24.9 Å². The number of ether oxygens (including phenoxy) is 1. The molecule has 4 aromatic rings. The Kier molecular flexibility index (Phi) is 4.68. The number of fused-ring (bicyclic) bond motifs is 2. The minimum Gasteiger partial charge on any atom is -0.377 e. The Morgan fingerprint density at radius 1 is 1.22 bits per heavy atom. The molecule has 2 fully saturated rings. The average Bonchev–Trinajstić information content (AvgIpc) is 3.41. The minimum absolute atomic E-state index is 0.173. The molecule has 9 nitrogen and oxygen atoms in total. The van der Waals surface area contributed by atoms with Crippen molar-refractivity contribution in [2.24, 2.45) is 0 Å². The first-order valence-corrected chi connectivity index (χ1v) is 11.6. The third-order valence-corrected chi connectivity index (χ3v) is 7.06. The predicted molar refractivity (Wildman–Crippen MR) is 123 cm³/mol. The molecule has 11 heteroatoms. The van der Waals surface area contributed by atoms with Crippen molar-refractivity contribution < 1.29 is 9.13 Å². The van der Waals surface area contributed by atoms with Crippen molar-refractivity contribution in [3.63, 3.8) is 0 Å². The third-order valence-electron chi connectivity index (χ3n) is 5.82. The van der Waals surface area contributed by atoms with E-state index < -0.39 is 0 Å². The molecule has 4 heterocycles. The molecule has 0 amide bonds. The largest absolute Gasteiger partial charge is 0.377 e. The van der Waals surface area contributed by atoms with Crippen molar-refractivity contribution in [1.82, 2.24) is 28.7 Å². The van der Waals surface area contributed by atoms with Gasteiger partial charge in [-0.3, -0.25) is 0 Å². The fraction of sp³-hybridized carbons (Fsp3) is 0.429. The molecule has 1 unspecified atom stereocenters. The van der Waals surface area contributed by atoms with E-state index in [1.807, 2.05) is 14.9 Å². The van der Waals surface area contributed by atoms with Crippen LogP contribution in [0.1, 0.15) is 19.8 Å². The Hall–Kier alpha value is -2.92. The Balaban J connectivity index is 1.59. The number of hydrogen-bond acceptors (Lipinski definition) is 8. The molecule has 0 radical (unpaired) electrons. The van der Waals surface area contributed by atoms with Gasteiger partial charge in [-0.05, 0) is 43.8 Å². The van der Waals surface area contributed by atoms with Gasteiger partial charge in [0.1, 0.15) is 11.6 Å². The Labute approximate surface area is 188 Å². The topological polar surface area (TPSA) is 85.9 Å². The van der Waals surface area contributed by atoms with Gasteiger partial charge in [-0.1, -0.05) is 0 Å². The normalized spacial score (nSPS) is 19.2. The van der Waals surface area contributed by atoms with Crippen molar-refractivity contribution in [3.05, 3.63) is 30.2 Å². The highest BCUT2D eigenvalue weighted by molar-refractivity contribution is 7.98. The average molecular weight is 455 g/mol. The highest BCUT2D eigenvalue weighted by Gasteiger charge is 2.29. The van der Waals surface area contributed by atoms with Crippen molar-refractivity contribution in [3.8, 4) is 5.95 Å². The number of halogens is 1. The summed E-state index contributed by atoms with van der Waals surface area (Å²) in [6, 6.07) is 4.73. The second-order valence-corrected chi connectivity index (χ2v) is 9.40. The Morgan fingerprint density at radius 3 is 2.88 bits per heavy atom. The van der Waals surface area contributed by atoms with E-state index in [0.29, 0.717) is 35.9 Å². The van der Waals surface area contributed by atoms with Crippen molar-refractivity contribution in [1.29, 1.82) is 0 Å². The van der Waals surface area contributed by atoms with E-state index in [0.717, 1.165) is 28.9 Å². The van der Waals surface area contributed by atoms with Gasteiger partial charge in [0.25, 0.3) is 0 Å². The molecule has 32 heavy (non-hydrogen) atoms. The molecule has 1 N–H and O–H groups in total. The van der Waals surface area contributed by atoms with Crippen LogP contribution < -0.4 is 10.2 Å². The third kappa shape index (κ3) is 3.27. The fourth-order valence-electron chi connectivity index (χ4n) is 4.04. The summed E-state index contributed by atoms with van der Waals surface area (Å²) < 4.78 is 23.2. The van der Waals surface area contributed by atoms with E-state index in [1.165, 1.54) is 25.0 Å². The van der Waals surface area contributed by atoms with Gasteiger partial charge in [0.2, 0.25) is 11.9 Å². The van der Waals surface area contributed by atoms with Crippen LogP contribution in [0.3, 0.4) is 0 Å². The number of imidazole rings is 1. The van der Waals surface area contributed by atoms with Gasteiger partial charge >= 0.3 is 0 Å². The zero-order valence-electron chi connectivity index (χ0n) is 17.8. The lowest BCUT2D eigenvalue weighted by molar-refractivity contribution is 0.0987.